The smallest absolute Gasteiger partial charge is 0.300 e. The molecular formula is C24H20Cl2N2O3S. The van der Waals surface area contributed by atoms with E-state index in [0.29, 0.717) is 26.7 Å². The quantitative estimate of drug-likeness (QED) is 0.371. The van der Waals surface area contributed by atoms with Gasteiger partial charge in [0, 0.05) is 34.9 Å². The molecule has 4 rings (SSSR count). The molecule has 0 bridgehead atoms. The standard InChI is InChI=1S/C24H20Cl2N2O3S/c1-14(29)11-12-28-22(30)20-19(13-15-3-7-17(25)8-4-15)21(16-5-9-18(26)10-6-16)32-23(20)27(2)24(28)31/h3-10H,11-13H2,1-2H3. The van der Waals surface area contributed by atoms with Crippen molar-refractivity contribution in [2.45, 2.75) is 26.3 Å². The molecule has 0 aliphatic heterocycles. The van der Waals surface area contributed by atoms with Crippen LogP contribution < -0.4 is 11.2 Å². The third kappa shape index (κ3) is 4.31. The summed E-state index contributed by atoms with van der Waals surface area (Å²) in [6.07, 6.45) is 0.622. The molecule has 2 heterocycles. The van der Waals surface area contributed by atoms with E-state index in [9.17, 15) is 14.4 Å². The van der Waals surface area contributed by atoms with Crippen molar-refractivity contribution in [3.8, 4) is 10.4 Å². The van der Waals surface area contributed by atoms with Gasteiger partial charge in [-0.3, -0.25) is 18.7 Å². The first-order chi connectivity index (χ1) is 15.3. The second kappa shape index (κ2) is 9.06. The molecule has 0 N–H and O–H groups in total. The lowest BCUT2D eigenvalue weighted by molar-refractivity contribution is -0.117. The van der Waals surface area contributed by atoms with Crippen LogP contribution >= 0.6 is 34.5 Å². The van der Waals surface area contributed by atoms with Crippen LogP contribution in [-0.4, -0.2) is 14.9 Å². The fourth-order valence-corrected chi connectivity index (χ4v) is 5.20. The summed E-state index contributed by atoms with van der Waals surface area (Å²) in [6.45, 7) is 1.51. The Labute approximate surface area is 198 Å². The SMILES string of the molecule is CC(=O)CCn1c(=O)c2c(Cc3ccc(Cl)cc3)c(-c3ccc(Cl)cc3)sc2n(C)c1=O. The van der Waals surface area contributed by atoms with Gasteiger partial charge in [-0.25, -0.2) is 4.79 Å². The molecule has 5 nitrogen and oxygen atoms in total. The van der Waals surface area contributed by atoms with Crippen LogP contribution in [0.2, 0.25) is 10.0 Å². The number of benzene rings is 2. The lowest BCUT2D eigenvalue weighted by Crippen LogP contribution is -2.39. The Morgan fingerprint density at radius 3 is 2.16 bits per heavy atom. The van der Waals surface area contributed by atoms with Crippen LogP contribution in [0.1, 0.15) is 24.5 Å². The number of carbonyl (C=O) groups excluding carboxylic acids is 1. The van der Waals surface area contributed by atoms with E-state index in [1.165, 1.54) is 22.8 Å². The van der Waals surface area contributed by atoms with Gasteiger partial charge in [-0.2, -0.15) is 0 Å². The molecule has 0 unspecified atom stereocenters. The van der Waals surface area contributed by atoms with Gasteiger partial charge >= 0.3 is 5.69 Å². The van der Waals surface area contributed by atoms with Crippen LogP contribution in [-0.2, 0) is 24.8 Å². The number of fused-ring (bicyclic) bond motifs is 1. The Morgan fingerprint density at radius 1 is 0.969 bits per heavy atom. The average molecular weight is 487 g/mol. The minimum atomic E-state index is -0.425. The molecule has 4 aromatic rings. The van der Waals surface area contributed by atoms with Crippen LogP contribution in [0.15, 0.2) is 58.1 Å². The molecular weight excluding hydrogens is 467 g/mol. The summed E-state index contributed by atoms with van der Waals surface area (Å²) in [4.78, 5) is 39.4. The van der Waals surface area contributed by atoms with Crippen molar-refractivity contribution in [3.05, 3.63) is 90.5 Å². The van der Waals surface area contributed by atoms with E-state index in [0.717, 1.165) is 26.1 Å². The Bertz CT molecular complexity index is 1430. The predicted octanol–water partition coefficient (Wildman–Crippen LogP) is 5.31. The molecule has 0 amide bonds. The molecule has 0 saturated heterocycles. The monoisotopic (exact) mass is 486 g/mol. The number of aromatic nitrogens is 2. The normalized spacial score (nSPS) is 11.2. The number of thiophene rings is 1. The first-order valence-electron chi connectivity index (χ1n) is 10.0. The molecule has 0 radical (unpaired) electrons. The third-order valence-corrected chi connectivity index (χ3v) is 7.22. The van der Waals surface area contributed by atoms with E-state index >= 15 is 0 Å². The molecule has 32 heavy (non-hydrogen) atoms. The Balaban J connectivity index is 2.00. The molecule has 2 aromatic heterocycles. The molecule has 0 aliphatic rings. The van der Waals surface area contributed by atoms with Crippen LogP contribution in [0.4, 0.5) is 0 Å². The number of Topliss-reactive ketones (excluding diaryl/α,β-unsaturated/α-hetero) is 1. The fourth-order valence-electron chi connectivity index (χ4n) is 3.67. The average Bonchev–Trinajstić information content (AvgIpc) is 3.13. The van der Waals surface area contributed by atoms with Crippen molar-refractivity contribution < 1.29 is 4.79 Å². The molecule has 2 aromatic carbocycles. The maximum Gasteiger partial charge on any atom is 0.331 e. The highest BCUT2D eigenvalue weighted by molar-refractivity contribution is 7.22. The van der Waals surface area contributed by atoms with E-state index < -0.39 is 5.69 Å². The highest BCUT2D eigenvalue weighted by Crippen LogP contribution is 2.38. The molecule has 0 saturated carbocycles. The predicted molar refractivity (Wildman–Crippen MR) is 131 cm³/mol. The molecule has 0 atom stereocenters. The van der Waals surface area contributed by atoms with E-state index in [-0.39, 0.29) is 24.3 Å². The van der Waals surface area contributed by atoms with Gasteiger partial charge in [0.25, 0.3) is 5.56 Å². The molecule has 0 aliphatic carbocycles. The van der Waals surface area contributed by atoms with Gasteiger partial charge in [0.1, 0.15) is 10.6 Å². The van der Waals surface area contributed by atoms with E-state index in [1.54, 1.807) is 19.2 Å². The van der Waals surface area contributed by atoms with Gasteiger partial charge < -0.3 is 0 Å². The number of carbonyl (C=O) groups is 1. The maximum absolute atomic E-state index is 13.5. The summed E-state index contributed by atoms with van der Waals surface area (Å²) in [6, 6.07) is 14.9. The zero-order valence-corrected chi connectivity index (χ0v) is 19.9. The maximum atomic E-state index is 13.5. The number of nitrogens with zero attached hydrogens (tertiary/aromatic N) is 2. The van der Waals surface area contributed by atoms with Crippen LogP contribution in [0.3, 0.4) is 0 Å². The van der Waals surface area contributed by atoms with E-state index in [4.69, 9.17) is 23.2 Å². The van der Waals surface area contributed by atoms with Crippen molar-refractivity contribution in [3.63, 3.8) is 0 Å². The largest absolute Gasteiger partial charge is 0.331 e. The Hall–Kier alpha value is -2.67. The van der Waals surface area contributed by atoms with Gasteiger partial charge in [-0.1, -0.05) is 47.5 Å². The fraction of sp³-hybridized carbons (Fsp3) is 0.208. The van der Waals surface area contributed by atoms with E-state index in [2.05, 4.69) is 0 Å². The third-order valence-electron chi connectivity index (χ3n) is 5.36. The number of rotatable bonds is 6. The van der Waals surface area contributed by atoms with Crippen molar-refractivity contribution in [1.82, 2.24) is 9.13 Å². The van der Waals surface area contributed by atoms with Crippen LogP contribution in [0.25, 0.3) is 20.7 Å². The van der Waals surface area contributed by atoms with Crippen molar-refractivity contribution >= 4 is 50.5 Å². The van der Waals surface area contributed by atoms with Crippen molar-refractivity contribution in [2.24, 2.45) is 7.05 Å². The number of hydrogen-bond acceptors (Lipinski definition) is 4. The first-order valence-corrected chi connectivity index (χ1v) is 11.6. The summed E-state index contributed by atoms with van der Waals surface area (Å²) in [5.41, 5.74) is 1.96. The first kappa shape index (κ1) is 22.5. The lowest BCUT2D eigenvalue weighted by Gasteiger charge is -2.09. The summed E-state index contributed by atoms with van der Waals surface area (Å²) < 4.78 is 2.65. The molecule has 8 heteroatoms. The molecule has 0 spiro atoms. The number of hydrogen-bond donors (Lipinski definition) is 0. The highest BCUT2D eigenvalue weighted by atomic mass is 35.5. The molecule has 164 valence electrons. The van der Waals surface area contributed by atoms with Crippen LogP contribution in [0.5, 0.6) is 0 Å². The topological polar surface area (TPSA) is 61.1 Å². The molecule has 0 fully saturated rings. The Morgan fingerprint density at radius 2 is 1.56 bits per heavy atom. The summed E-state index contributed by atoms with van der Waals surface area (Å²) in [5, 5.41) is 1.75. The highest BCUT2D eigenvalue weighted by Gasteiger charge is 2.22. The summed E-state index contributed by atoms with van der Waals surface area (Å²) in [7, 11) is 1.66. The van der Waals surface area contributed by atoms with Crippen molar-refractivity contribution in [1.29, 1.82) is 0 Å². The second-order valence-electron chi connectivity index (χ2n) is 7.65. The van der Waals surface area contributed by atoms with Gasteiger partial charge in [0.05, 0.1) is 5.39 Å². The second-order valence-corrected chi connectivity index (χ2v) is 9.52. The van der Waals surface area contributed by atoms with Crippen LogP contribution in [0, 0.1) is 0 Å². The minimum Gasteiger partial charge on any atom is -0.300 e. The van der Waals surface area contributed by atoms with E-state index in [1.807, 2.05) is 36.4 Å². The van der Waals surface area contributed by atoms with Gasteiger partial charge in [-0.05, 0) is 54.3 Å². The van der Waals surface area contributed by atoms with Gasteiger partial charge in [0.15, 0.2) is 0 Å². The summed E-state index contributed by atoms with van der Waals surface area (Å²) in [5.74, 6) is -0.0763. The summed E-state index contributed by atoms with van der Waals surface area (Å²) >= 11 is 13.5. The Kier molecular flexibility index (Phi) is 6.38. The number of aryl methyl sites for hydroxylation is 1. The van der Waals surface area contributed by atoms with Gasteiger partial charge in [0.2, 0.25) is 0 Å². The lowest BCUT2D eigenvalue weighted by atomic mass is 10.00. The number of ketones is 1. The zero-order valence-electron chi connectivity index (χ0n) is 17.5. The van der Waals surface area contributed by atoms with Gasteiger partial charge in [-0.15, -0.1) is 11.3 Å². The zero-order chi connectivity index (χ0) is 23.0. The van der Waals surface area contributed by atoms with Crippen molar-refractivity contribution in [2.75, 3.05) is 0 Å². The minimum absolute atomic E-state index is 0.0588. The number of halogens is 2.